The molecule has 5 heteroatoms. The van der Waals surface area contributed by atoms with E-state index >= 15 is 0 Å². The number of aryl methyl sites for hydroxylation is 2. The van der Waals surface area contributed by atoms with Gasteiger partial charge >= 0.3 is 0 Å². The van der Waals surface area contributed by atoms with E-state index in [1.807, 2.05) is 11.8 Å². The van der Waals surface area contributed by atoms with Crippen molar-refractivity contribution < 1.29 is 9.30 Å². The third kappa shape index (κ3) is 4.68. The molecule has 3 heterocycles. The van der Waals surface area contributed by atoms with E-state index in [0.29, 0.717) is 0 Å². The third-order valence-electron chi connectivity index (χ3n) is 5.81. The van der Waals surface area contributed by atoms with Crippen LogP contribution >= 0.6 is 11.8 Å². The Morgan fingerprint density at radius 1 is 1.10 bits per heavy atom. The molecule has 0 unspecified atom stereocenters. The van der Waals surface area contributed by atoms with E-state index < -0.39 is 0 Å². The molecule has 4 rings (SSSR count). The van der Waals surface area contributed by atoms with Gasteiger partial charge in [0.15, 0.2) is 11.4 Å². The first-order valence-electron chi connectivity index (χ1n) is 10.7. The summed E-state index contributed by atoms with van der Waals surface area (Å²) in [5, 5.41) is 1.32. The van der Waals surface area contributed by atoms with Gasteiger partial charge in [-0.2, -0.15) is 0 Å². The molecule has 0 spiro atoms. The van der Waals surface area contributed by atoms with Crippen molar-refractivity contribution in [1.82, 2.24) is 4.90 Å². The molecule has 2 aliphatic heterocycles. The van der Waals surface area contributed by atoms with Crippen molar-refractivity contribution in [2.75, 3.05) is 44.3 Å². The molecule has 0 N–H and O–H groups in total. The predicted octanol–water partition coefficient (Wildman–Crippen LogP) is 4.24. The Labute approximate surface area is 179 Å². The summed E-state index contributed by atoms with van der Waals surface area (Å²) in [6, 6.07) is 13.3. The molecule has 0 atom stereocenters. The second-order valence-electron chi connectivity index (χ2n) is 7.83. The number of para-hydroxylation sites is 1. The quantitative estimate of drug-likeness (QED) is 0.663. The molecule has 29 heavy (non-hydrogen) atoms. The molecule has 0 amide bonds. The van der Waals surface area contributed by atoms with Crippen LogP contribution in [0, 0.1) is 13.8 Å². The number of benzene rings is 1. The number of nitrogens with zero attached hydrogens (tertiary/aromatic N) is 3. The van der Waals surface area contributed by atoms with E-state index in [1.165, 1.54) is 39.0 Å². The summed E-state index contributed by atoms with van der Waals surface area (Å²) in [5.74, 6) is 0. The fourth-order valence-electron chi connectivity index (χ4n) is 4.30. The van der Waals surface area contributed by atoms with Crippen LogP contribution in [0.15, 0.2) is 46.3 Å². The maximum atomic E-state index is 5.45. The first-order valence-corrected chi connectivity index (χ1v) is 11.5. The zero-order valence-electron chi connectivity index (χ0n) is 17.9. The van der Waals surface area contributed by atoms with E-state index in [9.17, 15) is 0 Å². The molecule has 1 fully saturated rings. The molecule has 2 aromatic rings. The Bertz CT molecular complexity index is 866. The number of anilines is 1. The molecule has 1 aromatic heterocycles. The van der Waals surface area contributed by atoms with Crippen LogP contribution in [0.5, 0.6) is 0 Å². The van der Waals surface area contributed by atoms with E-state index in [0.717, 1.165) is 45.9 Å². The van der Waals surface area contributed by atoms with Crippen molar-refractivity contribution in [2.45, 2.75) is 38.6 Å². The minimum Gasteiger partial charge on any atom is -0.379 e. The maximum absolute atomic E-state index is 5.45. The monoisotopic (exact) mass is 410 g/mol. The summed E-state index contributed by atoms with van der Waals surface area (Å²) in [5.41, 5.74) is 5.29. The van der Waals surface area contributed by atoms with Crippen molar-refractivity contribution in [2.24, 2.45) is 0 Å². The van der Waals surface area contributed by atoms with Crippen molar-refractivity contribution in [3.8, 4) is 0 Å². The zero-order chi connectivity index (χ0) is 20.2. The lowest BCUT2D eigenvalue weighted by molar-refractivity contribution is -0.708. The SMILES string of the molecule is CCN1/C(=C/c2cc(C)[n+](CCCN3CCOCC3)c(C)c2)Sc2ccccc21. The molecule has 1 aromatic carbocycles. The molecular weight excluding hydrogens is 378 g/mol. The zero-order valence-corrected chi connectivity index (χ0v) is 18.7. The van der Waals surface area contributed by atoms with E-state index in [-0.39, 0.29) is 0 Å². The summed E-state index contributed by atoms with van der Waals surface area (Å²) < 4.78 is 7.90. The van der Waals surface area contributed by atoms with Gasteiger partial charge < -0.3 is 9.64 Å². The summed E-state index contributed by atoms with van der Waals surface area (Å²) in [6.07, 6.45) is 3.52. The largest absolute Gasteiger partial charge is 0.379 e. The fourth-order valence-corrected chi connectivity index (χ4v) is 5.49. The molecule has 154 valence electrons. The molecule has 0 aliphatic carbocycles. The predicted molar refractivity (Wildman–Crippen MR) is 121 cm³/mol. The van der Waals surface area contributed by atoms with Crippen molar-refractivity contribution in [3.63, 3.8) is 0 Å². The molecule has 0 bridgehead atoms. The number of ether oxygens (including phenoxy) is 1. The van der Waals surface area contributed by atoms with Crippen LogP contribution in [-0.2, 0) is 11.3 Å². The van der Waals surface area contributed by atoms with Gasteiger partial charge in [0.2, 0.25) is 0 Å². The van der Waals surface area contributed by atoms with Gasteiger partial charge in [-0.1, -0.05) is 23.9 Å². The van der Waals surface area contributed by atoms with Crippen LogP contribution in [0.3, 0.4) is 0 Å². The maximum Gasteiger partial charge on any atom is 0.179 e. The van der Waals surface area contributed by atoms with Crippen LogP contribution in [0.1, 0.15) is 30.3 Å². The van der Waals surface area contributed by atoms with Gasteiger partial charge in [-0.15, -0.1) is 0 Å². The third-order valence-corrected chi connectivity index (χ3v) is 6.92. The number of aromatic nitrogens is 1. The Hall–Kier alpha value is -1.82. The lowest BCUT2D eigenvalue weighted by Gasteiger charge is -2.26. The summed E-state index contributed by atoms with van der Waals surface area (Å²) in [7, 11) is 0. The van der Waals surface area contributed by atoms with Crippen LogP contribution in [0.25, 0.3) is 6.08 Å². The highest BCUT2D eigenvalue weighted by Gasteiger charge is 2.23. The van der Waals surface area contributed by atoms with Gasteiger partial charge in [0, 0.05) is 63.5 Å². The number of hydrogen-bond donors (Lipinski definition) is 0. The topological polar surface area (TPSA) is 19.6 Å². The van der Waals surface area contributed by atoms with Crippen molar-refractivity contribution in [3.05, 3.63) is 58.4 Å². The Morgan fingerprint density at radius 2 is 1.83 bits per heavy atom. The molecule has 0 saturated carbocycles. The summed E-state index contributed by atoms with van der Waals surface area (Å²) in [4.78, 5) is 6.28. The lowest BCUT2D eigenvalue weighted by Crippen LogP contribution is -2.43. The Morgan fingerprint density at radius 3 is 2.55 bits per heavy atom. The van der Waals surface area contributed by atoms with Gasteiger partial charge in [0.05, 0.1) is 23.9 Å². The van der Waals surface area contributed by atoms with Gasteiger partial charge in [-0.3, -0.25) is 4.90 Å². The minimum absolute atomic E-state index is 0.880. The Balaban J connectivity index is 1.46. The van der Waals surface area contributed by atoms with Crippen LogP contribution in [0.2, 0.25) is 0 Å². The molecular formula is C24H32N3OS+. The number of rotatable bonds is 6. The highest BCUT2D eigenvalue weighted by molar-refractivity contribution is 8.03. The molecule has 0 radical (unpaired) electrons. The van der Waals surface area contributed by atoms with E-state index in [4.69, 9.17) is 4.74 Å². The molecule has 1 saturated heterocycles. The second kappa shape index (κ2) is 9.33. The van der Waals surface area contributed by atoms with E-state index in [2.05, 4.69) is 77.6 Å². The van der Waals surface area contributed by atoms with E-state index in [1.54, 1.807) is 0 Å². The number of morpholine rings is 1. The highest BCUT2D eigenvalue weighted by atomic mass is 32.2. The number of hydrogen-bond acceptors (Lipinski definition) is 4. The average Bonchev–Trinajstić information content (AvgIpc) is 3.07. The minimum atomic E-state index is 0.880. The standard InChI is InChI=1S/C24H32N3OS/c1-4-26-22-8-5-6-9-23(22)29-24(26)18-21-16-19(2)27(20(3)17-21)11-7-10-25-12-14-28-15-13-25/h5-6,8-9,16-18H,4,7,10-15H2,1-3H3/q+1. The summed E-state index contributed by atoms with van der Waals surface area (Å²) in [6.45, 7) is 13.8. The summed E-state index contributed by atoms with van der Waals surface area (Å²) >= 11 is 1.87. The normalized spacial score (nSPS) is 18.4. The fraction of sp³-hybridized carbons (Fsp3) is 0.458. The van der Waals surface area contributed by atoms with Crippen molar-refractivity contribution >= 4 is 23.5 Å². The highest BCUT2D eigenvalue weighted by Crippen LogP contribution is 2.46. The van der Waals surface area contributed by atoms with Gasteiger partial charge in [-0.25, -0.2) is 4.57 Å². The van der Waals surface area contributed by atoms with Gasteiger partial charge in [0.1, 0.15) is 6.54 Å². The molecule has 2 aliphatic rings. The first kappa shape index (κ1) is 20.5. The van der Waals surface area contributed by atoms with Crippen LogP contribution in [0.4, 0.5) is 5.69 Å². The lowest BCUT2D eigenvalue weighted by atomic mass is 10.1. The van der Waals surface area contributed by atoms with Gasteiger partial charge in [-0.05, 0) is 30.7 Å². The van der Waals surface area contributed by atoms with Crippen LogP contribution in [-0.4, -0.2) is 44.3 Å². The first-order chi connectivity index (χ1) is 14.2. The molecule has 4 nitrogen and oxygen atoms in total. The van der Waals surface area contributed by atoms with Crippen LogP contribution < -0.4 is 9.47 Å². The van der Waals surface area contributed by atoms with Gasteiger partial charge in [0.25, 0.3) is 0 Å². The number of thioether (sulfide) groups is 1. The Kier molecular flexibility index (Phi) is 6.58. The second-order valence-corrected chi connectivity index (χ2v) is 8.89. The average molecular weight is 411 g/mol. The number of pyridine rings is 1. The van der Waals surface area contributed by atoms with Crippen molar-refractivity contribution in [1.29, 1.82) is 0 Å². The smallest absolute Gasteiger partial charge is 0.179 e. The number of fused-ring (bicyclic) bond motifs is 1.